The van der Waals surface area contributed by atoms with Crippen LogP contribution in [0.1, 0.15) is 29.7 Å². The quantitative estimate of drug-likeness (QED) is 0.481. The van der Waals surface area contributed by atoms with Gasteiger partial charge in [0.2, 0.25) is 0 Å². The van der Waals surface area contributed by atoms with Gasteiger partial charge in [-0.15, -0.1) is 11.8 Å². The lowest BCUT2D eigenvalue weighted by Crippen LogP contribution is -2.47. The van der Waals surface area contributed by atoms with Gasteiger partial charge in [0.15, 0.2) is 0 Å². The molecule has 0 unspecified atom stereocenters. The second-order valence-corrected chi connectivity index (χ2v) is 7.88. The number of benzene rings is 2. The molecule has 1 aliphatic heterocycles. The van der Waals surface area contributed by atoms with Crippen molar-refractivity contribution < 1.29 is 27.5 Å². The number of aryl methyl sites for hydroxylation is 1. The SMILES string of the molecule is CCOC(=O)C1=C(CSc2ccc(C)cc2)NC(=O)N[C@H]1c1ccccc1C(F)(F)F. The number of ether oxygens (including phenoxy) is 1. The second kappa shape index (κ2) is 9.47. The highest BCUT2D eigenvalue weighted by Crippen LogP contribution is 2.38. The Kier molecular flexibility index (Phi) is 6.94. The summed E-state index contributed by atoms with van der Waals surface area (Å²) in [5.41, 5.74) is 0.113. The van der Waals surface area contributed by atoms with E-state index in [1.165, 1.54) is 30.0 Å². The van der Waals surface area contributed by atoms with Crippen LogP contribution in [0.25, 0.3) is 0 Å². The third kappa shape index (κ3) is 5.41. The maximum absolute atomic E-state index is 13.6. The fourth-order valence-corrected chi connectivity index (χ4v) is 4.08. The van der Waals surface area contributed by atoms with Crippen LogP contribution in [-0.2, 0) is 15.7 Å². The van der Waals surface area contributed by atoms with E-state index in [1.807, 2.05) is 31.2 Å². The number of thioether (sulfide) groups is 1. The molecule has 164 valence electrons. The van der Waals surface area contributed by atoms with E-state index in [2.05, 4.69) is 10.6 Å². The lowest BCUT2D eigenvalue weighted by molar-refractivity contribution is -0.141. The zero-order chi connectivity index (χ0) is 22.6. The average molecular weight is 450 g/mol. The Hall–Kier alpha value is -2.94. The normalized spacial score (nSPS) is 16.5. The fourth-order valence-electron chi connectivity index (χ4n) is 3.21. The smallest absolute Gasteiger partial charge is 0.416 e. The van der Waals surface area contributed by atoms with Crippen molar-refractivity contribution in [2.45, 2.75) is 31.0 Å². The van der Waals surface area contributed by atoms with Crippen LogP contribution < -0.4 is 10.6 Å². The third-order valence-corrected chi connectivity index (χ3v) is 5.67. The first kappa shape index (κ1) is 22.7. The molecule has 0 saturated heterocycles. The number of carbonyl (C=O) groups is 2. The standard InChI is InChI=1S/C22H21F3N2O3S/c1-3-30-20(28)18-17(12-31-14-10-8-13(2)9-11-14)26-21(29)27-19(18)15-6-4-5-7-16(15)22(23,24)25/h4-11,19H,3,12H2,1-2H3,(H2,26,27,29)/t19-/m0/s1. The molecule has 0 saturated carbocycles. The van der Waals surface area contributed by atoms with Gasteiger partial charge in [-0.1, -0.05) is 35.9 Å². The summed E-state index contributed by atoms with van der Waals surface area (Å²) in [5.74, 6) is -0.605. The van der Waals surface area contributed by atoms with Crippen LogP contribution in [0.5, 0.6) is 0 Å². The highest BCUT2D eigenvalue weighted by atomic mass is 32.2. The number of halogens is 3. The molecule has 0 spiro atoms. The van der Waals surface area contributed by atoms with Gasteiger partial charge < -0.3 is 15.4 Å². The number of esters is 1. The van der Waals surface area contributed by atoms with Crippen molar-refractivity contribution in [1.29, 1.82) is 0 Å². The lowest BCUT2D eigenvalue weighted by Gasteiger charge is -2.30. The Labute approximate surface area is 182 Å². The zero-order valence-corrected chi connectivity index (χ0v) is 17.7. The van der Waals surface area contributed by atoms with Gasteiger partial charge in [0, 0.05) is 16.3 Å². The number of carbonyl (C=O) groups excluding carboxylic acids is 2. The van der Waals surface area contributed by atoms with Gasteiger partial charge in [-0.05, 0) is 37.6 Å². The Bertz CT molecular complexity index is 1000. The van der Waals surface area contributed by atoms with Gasteiger partial charge in [0.05, 0.1) is 23.8 Å². The van der Waals surface area contributed by atoms with Crippen LogP contribution in [-0.4, -0.2) is 24.4 Å². The van der Waals surface area contributed by atoms with Crippen LogP contribution in [0.3, 0.4) is 0 Å². The number of amides is 2. The summed E-state index contributed by atoms with van der Waals surface area (Å²) in [6.45, 7) is 3.60. The molecule has 0 aromatic heterocycles. The van der Waals surface area contributed by atoms with Crippen LogP contribution in [0.2, 0.25) is 0 Å². The van der Waals surface area contributed by atoms with Gasteiger partial charge in [-0.25, -0.2) is 9.59 Å². The van der Waals surface area contributed by atoms with E-state index in [-0.39, 0.29) is 29.2 Å². The van der Waals surface area contributed by atoms with E-state index in [9.17, 15) is 22.8 Å². The van der Waals surface area contributed by atoms with Gasteiger partial charge in [0.25, 0.3) is 0 Å². The molecule has 31 heavy (non-hydrogen) atoms. The molecule has 2 aromatic carbocycles. The summed E-state index contributed by atoms with van der Waals surface area (Å²) in [4.78, 5) is 25.9. The Balaban J connectivity index is 2.05. The Morgan fingerprint density at radius 2 is 1.81 bits per heavy atom. The summed E-state index contributed by atoms with van der Waals surface area (Å²) in [5, 5.41) is 5.02. The third-order valence-electron chi connectivity index (χ3n) is 4.63. The Morgan fingerprint density at radius 3 is 2.45 bits per heavy atom. The Morgan fingerprint density at radius 1 is 1.13 bits per heavy atom. The number of urea groups is 1. The molecule has 1 heterocycles. The van der Waals surface area contributed by atoms with Crippen molar-refractivity contribution in [2.24, 2.45) is 0 Å². The summed E-state index contributed by atoms with van der Waals surface area (Å²) in [7, 11) is 0. The summed E-state index contributed by atoms with van der Waals surface area (Å²) in [6.07, 6.45) is -4.65. The highest BCUT2D eigenvalue weighted by molar-refractivity contribution is 7.99. The van der Waals surface area contributed by atoms with Crippen molar-refractivity contribution in [3.63, 3.8) is 0 Å². The predicted molar refractivity (Wildman–Crippen MR) is 111 cm³/mol. The first-order valence-electron chi connectivity index (χ1n) is 9.54. The number of alkyl halides is 3. The van der Waals surface area contributed by atoms with Crippen LogP contribution in [0, 0.1) is 6.92 Å². The first-order valence-corrected chi connectivity index (χ1v) is 10.5. The molecule has 9 heteroatoms. The molecule has 5 nitrogen and oxygen atoms in total. The van der Waals surface area contributed by atoms with E-state index in [1.54, 1.807) is 6.92 Å². The van der Waals surface area contributed by atoms with E-state index < -0.39 is 29.8 Å². The van der Waals surface area contributed by atoms with E-state index in [4.69, 9.17) is 4.74 Å². The molecule has 1 aliphatic rings. The molecule has 0 aliphatic carbocycles. The molecule has 2 aromatic rings. The zero-order valence-electron chi connectivity index (χ0n) is 16.9. The van der Waals surface area contributed by atoms with Gasteiger partial charge in [-0.3, -0.25) is 0 Å². The van der Waals surface area contributed by atoms with Crippen molar-refractivity contribution in [3.8, 4) is 0 Å². The first-order chi connectivity index (χ1) is 14.7. The predicted octanol–water partition coefficient (Wildman–Crippen LogP) is 4.98. The number of hydrogen-bond acceptors (Lipinski definition) is 4. The van der Waals surface area contributed by atoms with Gasteiger partial charge in [-0.2, -0.15) is 13.2 Å². The highest BCUT2D eigenvalue weighted by Gasteiger charge is 2.40. The molecular formula is C22H21F3N2O3S. The summed E-state index contributed by atoms with van der Waals surface area (Å²) >= 11 is 1.35. The van der Waals surface area contributed by atoms with Crippen LogP contribution in [0.15, 0.2) is 64.7 Å². The molecule has 0 radical (unpaired) electrons. The summed E-state index contributed by atoms with van der Waals surface area (Å²) < 4.78 is 45.9. The van der Waals surface area contributed by atoms with E-state index in [0.717, 1.165) is 16.5 Å². The fraction of sp³-hybridized carbons (Fsp3) is 0.273. The largest absolute Gasteiger partial charge is 0.463 e. The van der Waals surface area contributed by atoms with Crippen molar-refractivity contribution >= 4 is 23.8 Å². The molecule has 0 bridgehead atoms. The molecule has 2 N–H and O–H groups in total. The minimum atomic E-state index is -4.65. The lowest BCUT2D eigenvalue weighted by atomic mass is 9.91. The molecular weight excluding hydrogens is 429 g/mol. The number of hydrogen-bond donors (Lipinski definition) is 2. The van der Waals surface area contributed by atoms with Gasteiger partial charge >= 0.3 is 18.2 Å². The molecule has 2 amide bonds. The van der Waals surface area contributed by atoms with Crippen LogP contribution >= 0.6 is 11.8 Å². The minimum Gasteiger partial charge on any atom is -0.463 e. The summed E-state index contributed by atoms with van der Waals surface area (Å²) in [6, 6.07) is 10.5. The topological polar surface area (TPSA) is 67.4 Å². The second-order valence-electron chi connectivity index (χ2n) is 6.83. The molecule has 0 fully saturated rings. The maximum Gasteiger partial charge on any atom is 0.416 e. The minimum absolute atomic E-state index is 0.0437. The van der Waals surface area contributed by atoms with Crippen molar-refractivity contribution in [1.82, 2.24) is 10.6 Å². The van der Waals surface area contributed by atoms with Crippen molar-refractivity contribution in [2.75, 3.05) is 12.4 Å². The van der Waals surface area contributed by atoms with Crippen LogP contribution in [0.4, 0.5) is 18.0 Å². The number of nitrogens with one attached hydrogen (secondary N) is 2. The van der Waals surface area contributed by atoms with E-state index >= 15 is 0 Å². The van der Waals surface area contributed by atoms with Crippen molar-refractivity contribution in [3.05, 3.63) is 76.5 Å². The molecule has 1 atom stereocenters. The van der Waals surface area contributed by atoms with E-state index in [0.29, 0.717) is 0 Å². The average Bonchev–Trinajstić information content (AvgIpc) is 2.72. The monoisotopic (exact) mass is 450 g/mol. The maximum atomic E-state index is 13.6. The number of rotatable bonds is 6. The van der Waals surface area contributed by atoms with Gasteiger partial charge in [0.1, 0.15) is 0 Å². The molecule has 3 rings (SSSR count).